The highest BCUT2D eigenvalue weighted by Gasteiger charge is 2.13. The smallest absolute Gasteiger partial charge is 0.346 e. The number of benzene rings is 1. The number of aryl methyl sites for hydroxylation is 1. The van der Waals surface area contributed by atoms with Crippen LogP contribution in [0.3, 0.4) is 0 Å². The summed E-state index contributed by atoms with van der Waals surface area (Å²) in [7, 11) is 0. The first-order valence-corrected chi connectivity index (χ1v) is 4.95. The number of hydrogen-bond donors (Lipinski definition) is 0. The van der Waals surface area contributed by atoms with Crippen molar-refractivity contribution in [2.24, 2.45) is 0 Å². The molecule has 0 heterocycles. The maximum atomic E-state index is 11.5. The molecule has 0 aliphatic heterocycles. The van der Waals surface area contributed by atoms with Gasteiger partial charge in [0.1, 0.15) is 0 Å². The van der Waals surface area contributed by atoms with E-state index < -0.39 is 11.9 Å². The highest BCUT2D eigenvalue weighted by Crippen LogP contribution is 2.09. The summed E-state index contributed by atoms with van der Waals surface area (Å²) in [6.45, 7) is 3.67. The van der Waals surface area contributed by atoms with Gasteiger partial charge in [0.25, 0.3) is 0 Å². The van der Waals surface area contributed by atoms with Gasteiger partial charge in [-0.2, -0.15) is 0 Å². The van der Waals surface area contributed by atoms with E-state index in [1.807, 2.05) is 13.0 Å². The predicted octanol–water partition coefficient (Wildman–Crippen LogP) is 2.48. The monoisotopic (exact) mass is 206 g/mol. The van der Waals surface area contributed by atoms with E-state index in [0.717, 1.165) is 5.56 Å². The van der Waals surface area contributed by atoms with Crippen LogP contribution in [0.1, 0.15) is 35.7 Å². The fraction of sp³-hybridized carbons (Fsp3) is 0.333. The van der Waals surface area contributed by atoms with Gasteiger partial charge in [0.05, 0.1) is 5.56 Å². The zero-order valence-corrected chi connectivity index (χ0v) is 8.95. The van der Waals surface area contributed by atoms with Crippen LogP contribution in [0.2, 0.25) is 0 Å². The van der Waals surface area contributed by atoms with Crippen LogP contribution in [0.15, 0.2) is 24.3 Å². The van der Waals surface area contributed by atoms with E-state index in [9.17, 15) is 9.59 Å². The van der Waals surface area contributed by atoms with E-state index >= 15 is 0 Å². The van der Waals surface area contributed by atoms with Crippen LogP contribution in [0.5, 0.6) is 0 Å². The molecule has 0 amide bonds. The standard InChI is InChI=1S/C12H14O3/c1-3-6-11(13)15-12(14)10-8-5-4-7-9(10)2/h4-5,7-8H,3,6H2,1-2H3. The molecule has 0 fully saturated rings. The van der Waals surface area contributed by atoms with Crippen LogP contribution >= 0.6 is 0 Å². The largest absolute Gasteiger partial charge is 0.389 e. The number of rotatable bonds is 3. The van der Waals surface area contributed by atoms with Gasteiger partial charge in [0.2, 0.25) is 0 Å². The van der Waals surface area contributed by atoms with Crippen molar-refractivity contribution < 1.29 is 14.3 Å². The highest BCUT2D eigenvalue weighted by molar-refractivity contribution is 5.97. The van der Waals surface area contributed by atoms with Crippen molar-refractivity contribution in [3.8, 4) is 0 Å². The fourth-order valence-corrected chi connectivity index (χ4v) is 1.22. The third kappa shape index (κ3) is 3.20. The van der Waals surface area contributed by atoms with Crippen molar-refractivity contribution in [3.63, 3.8) is 0 Å². The summed E-state index contributed by atoms with van der Waals surface area (Å²) in [5, 5.41) is 0. The van der Waals surface area contributed by atoms with Crippen LogP contribution in [-0.2, 0) is 9.53 Å². The second-order valence-electron chi connectivity index (χ2n) is 3.33. The molecule has 3 nitrogen and oxygen atoms in total. The van der Waals surface area contributed by atoms with Gasteiger partial charge >= 0.3 is 11.9 Å². The molecule has 0 saturated heterocycles. The summed E-state index contributed by atoms with van der Waals surface area (Å²) >= 11 is 0. The van der Waals surface area contributed by atoms with Gasteiger partial charge < -0.3 is 4.74 Å². The van der Waals surface area contributed by atoms with E-state index in [1.54, 1.807) is 25.1 Å². The molecule has 0 unspecified atom stereocenters. The molecule has 0 bridgehead atoms. The third-order valence-electron chi connectivity index (χ3n) is 2.03. The molecule has 0 saturated carbocycles. The SMILES string of the molecule is CCCC(=O)OC(=O)c1ccccc1C. The molecule has 80 valence electrons. The molecule has 0 atom stereocenters. The molecular weight excluding hydrogens is 192 g/mol. The summed E-state index contributed by atoms with van der Waals surface area (Å²) in [5.74, 6) is -1.03. The van der Waals surface area contributed by atoms with Crippen LogP contribution in [0.25, 0.3) is 0 Å². The first kappa shape index (κ1) is 11.4. The predicted molar refractivity (Wildman–Crippen MR) is 56.5 cm³/mol. The van der Waals surface area contributed by atoms with Gasteiger partial charge in [-0.3, -0.25) is 4.79 Å². The summed E-state index contributed by atoms with van der Waals surface area (Å²) in [6, 6.07) is 7.03. The number of carbonyl (C=O) groups excluding carboxylic acids is 2. The Balaban J connectivity index is 2.70. The molecule has 0 aliphatic carbocycles. The number of ether oxygens (including phenoxy) is 1. The first-order chi connectivity index (χ1) is 7.15. The van der Waals surface area contributed by atoms with Crippen LogP contribution < -0.4 is 0 Å². The molecule has 0 N–H and O–H groups in total. The van der Waals surface area contributed by atoms with Gasteiger partial charge in [0, 0.05) is 6.42 Å². The maximum absolute atomic E-state index is 11.5. The average molecular weight is 206 g/mol. The lowest BCUT2D eigenvalue weighted by atomic mass is 10.1. The van der Waals surface area contributed by atoms with Crippen molar-refractivity contribution in [2.75, 3.05) is 0 Å². The molecule has 0 spiro atoms. The topological polar surface area (TPSA) is 43.4 Å². The van der Waals surface area contributed by atoms with E-state index in [4.69, 9.17) is 0 Å². The van der Waals surface area contributed by atoms with Crippen molar-refractivity contribution in [3.05, 3.63) is 35.4 Å². The summed E-state index contributed by atoms with van der Waals surface area (Å²) < 4.78 is 4.68. The Morgan fingerprint density at radius 3 is 2.53 bits per heavy atom. The van der Waals surface area contributed by atoms with Crippen molar-refractivity contribution >= 4 is 11.9 Å². The Kier molecular flexibility index (Phi) is 4.03. The van der Waals surface area contributed by atoms with E-state index in [-0.39, 0.29) is 6.42 Å². The summed E-state index contributed by atoms with van der Waals surface area (Å²) in [5.41, 5.74) is 1.26. The van der Waals surface area contributed by atoms with Crippen LogP contribution in [0, 0.1) is 6.92 Å². The molecule has 3 heteroatoms. The second kappa shape index (κ2) is 5.29. The molecule has 1 rings (SSSR count). The number of esters is 2. The van der Waals surface area contributed by atoms with Crippen LogP contribution in [-0.4, -0.2) is 11.9 Å². The normalized spacial score (nSPS) is 9.73. The van der Waals surface area contributed by atoms with Crippen molar-refractivity contribution in [1.82, 2.24) is 0 Å². The van der Waals surface area contributed by atoms with Gasteiger partial charge in [-0.1, -0.05) is 25.1 Å². The van der Waals surface area contributed by atoms with Gasteiger partial charge in [0.15, 0.2) is 0 Å². The van der Waals surface area contributed by atoms with Gasteiger partial charge in [-0.15, -0.1) is 0 Å². The summed E-state index contributed by atoms with van der Waals surface area (Å²) in [6.07, 6.45) is 0.956. The second-order valence-corrected chi connectivity index (χ2v) is 3.33. The summed E-state index contributed by atoms with van der Waals surface area (Å²) in [4.78, 5) is 22.6. The Morgan fingerprint density at radius 1 is 1.27 bits per heavy atom. The number of hydrogen-bond acceptors (Lipinski definition) is 3. The first-order valence-electron chi connectivity index (χ1n) is 4.95. The van der Waals surface area contributed by atoms with E-state index in [0.29, 0.717) is 12.0 Å². The minimum atomic E-state index is -0.563. The minimum absolute atomic E-state index is 0.275. The molecule has 0 aromatic heterocycles. The third-order valence-corrected chi connectivity index (χ3v) is 2.03. The Bertz CT molecular complexity index is 369. The Morgan fingerprint density at radius 2 is 1.93 bits per heavy atom. The Hall–Kier alpha value is -1.64. The zero-order valence-electron chi connectivity index (χ0n) is 8.95. The van der Waals surface area contributed by atoms with E-state index in [2.05, 4.69) is 4.74 Å². The fourth-order valence-electron chi connectivity index (χ4n) is 1.22. The van der Waals surface area contributed by atoms with Crippen molar-refractivity contribution in [1.29, 1.82) is 0 Å². The quantitative estimate of drug-likeness (QED) is 0.563. The van der Waals surface area contributed by atoms with Crippen LogP contribution in [0.4, 0.5) is 0 Å². The molecule has 1 aromatic rings. The molecule has 0 radical (unpaired) electrons. The number of carbonyl (C=O) groups is 2. The van der Waals surface area contributed by atoms with Crippen molar-refractivity contribution in [2.45, 2.75) is 26.7 Å². The molecule has 1 aromatic carbocycles. The highest BCUT2D eigenvalue weighted by atomic mass is 16.6. The lowest BCUT2D eigenvalue weighted by molar-refractivity contribution is -0.137. The maximum Gasteiger partial charge on any atom is 0.346 e. The molecular formula is C12H14O3. The molecule has 0 aliphatic rings. The zero-order chi connectivity index (χ0) is 11.3. The Labute approximate surface area is 89.1 Å². The lowest BCUT2D eigenvalue weighted by Gasteiger charge is -2.04. The lowest BCUT2D eigenvalue weighted by Crippen LogP contribution is -2.13. The average Bonchev–Trinajstić information content (AvgIpc) is 2.18. The van der Waals surface area contributed by atoms with E-state index in [1.165, 1.54) is 0 Å². The minimum Gasteiger partial charge on any atom is -0.389 e. The van der Waals surface area contributed by atoms with Gasteiger partial charge in [-0.05, 0) is 25.0 Å². The molecule has 15 heavy (non-hydrogen) atoms. The van der Waals surface area contributed by atoms with Gasteiger partial charge in [-0.25, -0.2) is 4.79 Å².